The number of carbonyl (C=O) groups excluding carboxylic acids is 3. The van der Waals surface area contributed by atoms with E-state index in [9.17, 15) is 14.4 Å². The van der Waals surface area contributed by atoms with Crippen LogP contribution in [0.2, 0.25) is 0 Å². The highest BCUT2D eigenvalue weighted by Gasteiger charge is 2.64. The third kappa shape index (κ3) is 3.89. The summed E-state index contributed by atoms with van der Waals surface area (Å²) in [5.41, 5.74) is 2.45. The predicted molar refractivity (Wildman–Crippen MR) is 134 cm³/mol. The lowest BCUT2D eigenvalue weighted by atomic mass is 9.97. The molecule has 2 fully saturated rings. The molecule has 1 aliphatic heterocycles. The standard InChI is InChI=1S/C27H25N7O3/c1-15(35)25-18-8-20(17-11-29-16(2)30-12-17)31-13-22(18)33(32-25)14-24(36)34-21(9-27(3)10-23(27)34)26(37)19-6-4-5-7-28-19/h4-8,11-13,21,23H,9-10,14H2,1-3H3/t21-,23+,27-/m0/s1. The monoisotopic (exact) mass is 495 g/mol. The van der Waals surface area contributed by atoms with Gasteiger partial charge in [-0.2, -0.15) is 5.10 Å². The first-order chi connectivity index (χ1) is 17.7. The number of hydrogen-bond acceptors (Lipinski definition) is 8. The first-order valence-electron chi connectivity index (χ1n) is 12.2. The zero-order chi connectivity index (χ0) is 25.9. The fourth-order valence-electron chi connectivity index (χ4n) is 5.38. The van der Waals surface area contributed by atoms with Gasteiger partial charge in [0.25, 0.3) is 0 Å². The molecule has 0 spiro atoms. The average Bonchev–Trinajstić information content (AvgIpc) is 3.26. The van der Waals surface area contributed by atoms with E-state index in [0.717, 1.165) is 6.42 Å². The van der Waals surface area contributed by atoms with Crippen molar-refractivity contribution in [3.8, 4) is 11.3 Å². The van der Waals surface area contributed by atoms with Crippen molar-refractivity contribution in [3.05, 3.63) is 66.3 Å². The van der Waals surface area contributed by atoms with E-state index in [4.69, 9.17) is 0 Å². The molecular weight excluding hydrogens is 470 g/mol. The van der Waals surface area contributed by atoms with Gasteiger partial charge in [-0.15, -0.1) is 0 Å². The summed E-state index contributed by atoms with van der Waals surface area (Å²) in [7, 11) is 0. The van der Waals surface area contributed by atoms with E-state index in [2.05, 4.69) is 32.0 Å². The summed E-state index contributed by atoms with van der Waals surface area (Å²) < 4.78 is 1.51. The number of ketones is 2. The van der Waals surface area contributed by atoms with Gasteiger partial charge in [-0.1, -0.05) is 13.0 Å². The lowest BCUT2D eigenvalue weighted by molar-refractivity contribution is -0.133. The lowest BCUT2D eigenvalue weighted by Crippen LogP contribution is -2.45. The number of carbonyl (C=O) groups is 3. The van der Waals surface area contributed by atoms with Gasteiger partial charge in [0.05, 0.1) is 23.4 Å². The molecule has 1 saturated heterocycles. The van der Waals surface area contributed by atoms with Crippen LogP contribution >= 0.6 is 0 Å². The number of piperidine rings is 1. The Labute approximate surface area is 212 Å². The van der Waals surface area contributed by atoms with E-state index >= 15 is 0 Å². The van der Waals surface area contributed by atoms with Gasteiger partial charge in [0.1, 0.15) is 23.8 Å². The van der Waals surface area contributed by atoms with Gasteiger partial charge in [0.15, 0.2) is 5.78 Å². The number of aromatic nitrogens is 6. The van der Waals surface area contributed by atoms with Crippen LogP contribution in [0.1, 0.15) is 53.5 Å². The minimum atomic E-state index is -0.563. The Hall–Kier alpha value is -4.34. The van der Waals surface area contributed by atoms with Gasteiger partial charge in [0, 0.05) is 42.5 Å². The highest BCUT2D eigenvalue weighted by molar-refractivity contribution is 6.06. The fraction of sp³-hybridized carbons (Fsp3) is 0.333. The highest BCUT2D eigenvalue weighted by atomic mass is 16.2. The Bertz CT molecular complexity index is 1560. The molecule has 0 N–H and O–H groups in total. The van der Waals surface area contributed by atoms with Gasteiger partial charge in [-0.25, -0.2) is 9.97 Å². The average molecular weight is 496 g/mol. The third-order valence-electron chi connectivity index (χ3n) is 7.48. The van der Waals surface area contributed by atoms with Crippen molar-refractivity contribution >= 4 is 28.4 Å². The van der Waals surface area contributed by atoms with E-state index in [0.29, 0.717) is 40.1 Å². The molecule has 10 heteroatoms. The van der Waals surface area contributed by atoms with Crippen LogP contribution in [0.3, 0.4) is 0 Å². The summed E-state index contributed by atoms with van der Waals surface area (Å²) in [5, 5.41) is 5.09. The molecule has 1 amide bonds. The van der Waals surface area contributed by atoms with E-state index in [1.807, 2.05) is 0 Å². The number of likely N-dealkylation sites (tertiary alicyclic amines) is 1. The molecule has 37 heavy (non-hydrogen) atoms. The Morgan fingerprint density at radius 1 is 1.05 bits per heavy atom. The van der Waals surface area contributed by atoms with Crippen LogP contribution in [0.5, 0.6) is 0 Å². The highest BCUT2D eigenvalue weighted by Crippen LogP contribution is 2.59. The van der Waals surface area contributed by atoms with Crippen molar-refractivity contribution in [2.24, 2.45) is 5.41 Å². The first-order valence-corrected chi connectivity index (χ1v) is 12.2. The Morgan fingerprint density at radius 3 is 2.54 bits per heavy atom. The molecule has 6 rings (SSSR count). The van der Waals surface area contributed by atoms with Gasteiger partial charge in [-0.05, 0) is 43.4 Å². The van der Waals surface area contributed by atoms with Gasteiger partial charge < -0.3 is 4.90 Å². The molecule has 4 aromatic rings. The molecule has 10 nitrogen and oxygen atoms in total. The largest absolute Gasteiger partial charge is 0.327 e. The summed E-state index contributed by atoms with van der Waals surface area (Å²) in [6.45, 7) is 5.26. The normalized spacial score (nSPS) is 22.2. The number of nitrogens with zero attached hydrogens (tertiary/aromatic N) is 7. The topological polar surface area (TPSA) is 124 Å². The Balaban J connectivity index is 1.33. The smallest absolute Gasteiger partial charge is 0.245 e. The van der Waals surface area contributed by atoms with Crippen molar-refractivity contribution in [2.75, 3.05) is 0 Å². The molecular formula is C27H25N7O3. The van der Waals surface area contributed by atoms with E-state index < -0.39 is 6.04 Å². The zero-order valence-electron chi connectivity index (χ0n) is 20.8. The number of amides is 1. The lowest BCUT2D eigenvalue weighted by Gasteiger charge is -2.26. The van der Waals surface area contributed by atoms with Crippen molar-refractivity contribution in [2.45, 2.75) is 52.2 Å². The van der Waals surface area contributed by atoms with Crippen LogP contribution in [0, 0.1) is 12.3 Å². The fourth-order valence-corrected chi connectivity index (χ4v) is 5.38. The predicted octanol–water partition coefficient (Wildman–Crippen LogP) is 3.06. The minimum Gasteiger partial charge on any atom is -0.327 e. The quantitative estimate of drug-likeness (QED) is 0.374. The SMILES string of the molecule is CC(=O)c1nn(CC(=O)N2[C@H](C(=O)c3ccccn3)C[C@@]3(C)C[C@@H]23)c2cnc(-c3cnc(C)nc3)cc12. The van der Waals surface area contributed by atoms with Gasteiger partial charge in [-0.3, -0.25) is 29.0 Å². The molecule has 0 bridgehead atoms. The summed E-state index contributed by atoms with van der Waals surface area (Å²) in [6, 6.07) is 6.43. The number of aryl methyl sites for hydroxylation is 1. The molecule has 3 atom stereocenters. The Kier molecular flexibility index (Phi) is 5.22. The maximum Gasteiger partial charge on any atom is 0.245 e. The Morgan fingerprint density at radius 2 is 1.84 bits per heavy atom. The second kappa shape index (κ2) is 8.36. The zero-order valence-corrected chi connectivity index (χ0v) is 20.8. The van der Waals surface area contributed by atoms with Crippen LogP contribution in [-0.4, -0.2) is 64.2 Å². The number of hydrogen-bond donors (Lipinski definition) is 0. The third-order valence-corrected chi connectivity index (χ3v) is 7.48. The van der Waals surface area contributed by atoms with Crippen molar-refractivity contribution in [1.82, 2.24) is 34.6 Å². The van der Waals surface area contributed by atoms with E-state index in [-0.39, 0.29) is 41.2 Å². The maximum absolute atomic E-state index is 13.7. The molecule has 1 aliphatic carbocycles. The molecule has 5 heterocycles. The van der Waals surface area contributed by atoms with Gasteiger partial charge >= 0.3 is 0 Å². The second-order valence-electron chi connectivity index (χ2n) is 10.1. The second-order valence-corrected chi connectivity index (χ2v) is 10.1. The first kappa shape index (κ1) is 23.1. The number of fused-ring (bicyclic) bond motifs is 2. The molecule has 2 aliphatic rings. The molecule has 1 saturated carbocycles. The van der Waals surface area contributed by atoms with Crippen LogP contribution < -0.4 is 0 Å². The van der Waals surface area contributed by atoms with Crippen LogP contribution in [0.25, 0.3) is 22.2 Å². The van der Waals surface area contributed by atoms with Crippen LogP contribution in [0.4, 0.5) is 0 Å². The summed E-state index contributed by atoms with van der Waals surface area (Å²) in [4.78, 5) is 58.3. The van der Waals surface area contributed by atoms with Crippen molar-refractivity contribution < 1.29 is 14.4 Å². The molecule has 0 aromatic carbocycles. The number of pyridine rings is 2. The van der Waals surface area contributed by atoms with E-state index in [1.165, 1.54) is 11.6 Å². The van der Waals surface area contributed by atoms with Crippen molar-refractivity contribution in [1.29, 1.82) is 0 Å². The summed E-state index contributed by atoms with van der Waals surface area (Å²) in [5.74, 6) is 0.0708. The molecule has 4 aromatic heterocycles. The van der Waals surface area contributed by atoms with Crippen LogP contribution in [0.15, 0.2) is 49.1 Å². The summed E-state index contributed by atoms with van der Waals surface area (Å²) >= 11 is 0. The van der Waals surface area contributed by atoms with E-state index in [1.54, 1.807) is 60.9 Å². The molecule has 186 valence electrons. The van der Waals surface area contributed by atoms with Crippen molar-refractivity contribution in [3.63, 3.8) is 0 Å². The maximum atomic E-state index is 13.7. The number of Topliss-reactive ketones (excluding diaryl/α,β-unsaturated/α-hetero) is 2. The number of rotatable bonds is 6. The van der Waals surface area contributed by atoms with Gasteiger partial charge in [0.2, 0.25) is 11.7 Å². The minimum absolute atomic E-state index is 0.0121. The summed E-state index contributed by atoms with van der Waals surface area (Å²) in [6.07, 6.45) is 8.03. The molecule has 0 radical (unpaired) electrons. The molecule has 0 unspecified atom stereocenters. The van der Waals surface area contributed by atoms with Crippen LogP contribution in [-0.2, 0) is 11.3 Å².